The number of aliphatic hydroxyl groups is 2. The number of ether oxygens (including phenoxy) is 1. The smallest absolute Gasteiger partial charge is 0.306 e. The van der Waals surface area contributed by atoms with E-state index in [-0.39, 0.29) is 24.9 Å². The number of hydrogen-bond donors (Lipinski definition) is 3. The summed E-state index contributed by atoms with van der Waals surface area (Å²) in [5.41, 5.74) is 0. The van der Waals surface area contributed by atoms with Gasteiger partial charge >= 0.3 is 5.97 Å². The lowest BCUT2D eigenvalue weighted by molar-refractivity contribution is -0.148. The Bertz CT molecular complexity index is 1170. The summed E-state index contributed by atoms with van der Waals surface area (Å²) in [5, 5.41) is 23.7. The summed E-state index contributed by atoms with van der Waals surface area (Å²) < 4.78 is 5.83. The average molecular weight is 880 g/mol. The van der Waals surface area contributed by atoms with Crippen molar-refractivity contribution in [2.24, 2.45) is 0 Å². The van der Waals surface area contributed by atoms with Crippen molar-refractivity contribution in [2.75, 3.05) is 6.61 Å². The van der Waals surface area contributed by atoms with Crippen LogP contribution in [0.3, 0.4) is 0 Å². The van der Waals surface area contributed by atoms with Crippen LogP contribution in [0.5, 0.6) is 0 Å². The van der Waals surface area contributed by atoms with E-state index in [1.807, 2.05) is 6.08 Å². The first-order valence-corrected chi connectivity index (χ1v) is 26.7. The Labute approximate surface area is 390 Å². The first-order valence-electron chi connectivity index (χ1n) is 26.7. The summed E-state index contributed by atoms with van der Waals surface area (Å²) in [5.74, 6) is -0.629. The van der Waals surface area contributed by atoms with Crippen molar-refractivity contribution in [3.63, 3.8) is 0 Å². The van der Waals surface area contributed by atoms with Gasteiger partial charge in [0.15, 0.2) is 0 Å². The van der Waals surface area contributed by atoms with Crippen LogP contribution in [-0.2, 0) is 14.3 Å². The number of hydrogen-bond acceptors (Lipinski definition) is 5. The molecule has 3 unspecified atom stereocenters. The van der Waals surface area contributed by atoms with Gasteiger partial charge in [0.1, 0.15) is 6.10 Å². The number of carbonyl (C=O) groups is 2. The van der Waals surface area contributed by atoms with Crippen molar-refractivity contribution in [3.05, 3.63) is 72.9 Å². The average Bonchev–Trinajstić information content (AvgIpc) is 3.28. The maximum absolute atomic E-state index is 13.2. The Hall–Kier alpha value is -2.70. The third-order valence-electron chi connectivity index (χ3n) is 11.8. The zero-order valence-electron chi connectivity index (χ0n) is 41.4. The molecular weight excluding hydrogens is 779 g/mol. The van der Waals surface area contributed by atoms with Crippen LogP contribution in [0.15, 0.2) is 72.9 Å². The first kappa shape index (κ1) is 60.3. The molecular formula is C57H101NO5. The summed E-state index contributed by atoms with van der Waals surface area (Å²) in [7, 11) is 0. The maximum atomic E-state index is 13.2. The summed E-state index contributed by atoms with van der Waals surface area (Å²) >= 11 is 0. The lowest BCUT2D eigenvalue weighted by atomic mass is 10.0. The zero-order valence-corrected chi connectivity index (χ0v) is 41.4. The molecule has 0 aromatic rings. The molecule has 3 atom stereocenters. The van der Waals surface area contributed by atoms with Gasteiger partial charge in [-0.1, -0.05) is 235 Å². The van der Waals surface area contributed by atoms with E-state index in [1.165, 1.54) is 141 Å². The minimum absolute atomic E-state index is 0.0480. The molecule has 0 aromatic heterocycles. The van der Waals surface area contributed by atoms with Gasteiger partial charge in [-0.25, -0.2) is 0 Å². The molecule has 3 N–H and O–H groups in total. The van der Waals surface area contributed by atoms with Crippen LogP contribution in [0.4, 0.5) is 0 Å². The molecule has 0 saturated heterocycles. The minimum Gasteiger partial charge on any atom is -0.458 e. The van der Waals surface area contributed by atoms with Gasteiger partial charge in [-0.15, -0.1) is 0 Å². The highest BCUT2D eigenvalue weighted by Crippen LogP contribution is 2.16. The molecule has 0 spiro atoms. The van der Waals surface area contributed by atoms with Crippen molar-refractivity contribution < 1.29 is 24.5 Å². The highest BCUT2D eigenvalue weighted by molar-refractivity contribution is 5.78. The Morgan fingerprint density at radius 3 is 1.33 bits per heavy atom. The van der Waals surface area contributed by atoms with Crippen molar-refractivity contribution in [2.45, 2.75) is 270 Å². The second kappa shape index (κ2) is 50.3. The Morgan fingerprint density at radius 2 is 0.889 bits per heavy atom. The number of carbonyl (C=O) groups excluding carboxylic acids is 2. The van der Waals surface area contributed by atoms with Crippen molar-refractivity contribution >= 4 is 11.9 Å². The summed E-state index contributed by atoms with van der Waals surface area (Å²) in [6, 6.07) is -0.744. The largest absolute Gasteiger partial charge is 0.458 e. The predicted octanol–water partition coefficient (Wildman–Crippen LogP) is 16.2. The molecule has 0 saturated carbocycles. The van der Waals surface area contributed by atoms with Gasteiger partial charge in [0.2, 0.25) is 5.91 Å². The summed E-state index contributed by atoms with van der Waals surface area (Å²) in [6.07, 6.45) is 64.3. The molecule has 0 aliphatic rings. The second-order valence-corrected chi connectivity index (χ2v) is 17.9. The molecule has 0 bridgehead atoms. The normalized spacial score (nSPS) is 13.8. The fourth-order valence-corrected chi connectivity index (χ4v) is 7.74. The molecule has 364 valence electrons. The van der Waals surface area contributed by atoms with Crippen LogP contribution >= 0.6 is 0 Å². The van der Waals surface area contributed by atoms with E-state index >= 15 is 0 Å². The van der Waals surface area contributed by atoms with Gasteiger partial charge in [0, 0.05) is 6.42 Å². The summed E-state index contributed by atoms with van der Waals surface area (Å²) in [6.45, 7) is 6.33. The van der Waals surface area contributed by atoms with Crippen molar-refractivity contribution in [1.29, 1.82) is 0 Å². The first-order chi connectivity index (χ1) is 31.0. The molecule has 0 aliphatic heterocycles. The SMILES string of the molecule is CC/C=C/C/C=C/C/C=C/C/C=C/C/C=C/C(CC(=O)NC(CO)C(O)CCCCCCCCCCCCC)OC(=O)CCCCCCCCCCC/C=C/CCCCCCCC. The van der Waals surface area contributed by atoms with E-state index in [2.05, 4.69) is 86.8 Å². The number of rotatable bonds is 47. The number of nitrogens with one attached hydrogen (secondary N) is 1. The summed E-state index contributed by atoms with van der Waals surface area (Å²) in [4.78, 5) is 26.1. The van der Waals surface area contributed by atoms with E-state index < -0.39 is 18.2 Å². The molecule has 0 aliphatic carbocycles. The van der Waals surface area contributed by atoms with Crippen LogP contribution in [0.1, 0.15) is 252 Å². The van der Waals surface area contributed by atoms with Gasteiger partial charge in [-0.2, -0.15) is 0 Å². The van der Waals surface area contributed by atoms with Gasteiger partial charge in [0.05, 0.1) is 25.2 Å². The van der Waals surface area contributed by atoms with Gasteiger partial charge in [-0.3, -0.25) is 9.59 Å². The number of allylic oxidation sites excluding steroid dienone is 11. The molecule has 1 amide bonds. The van der Waals surface area contributed by atoms with Crippen LogP contribution in [-0.4, -0.2) is 46.9 Å². The Morgan fingerprint density at radius 1 is 0.492 bits per heavy atom. The Balaban J connectivity index is 4.66. The quantitative estimate of drug-likeness (QED) is 0.0321. The Kier molecular flexibility index (Phi) is 48.1. The molecule has 0 fully saturated rings. The minimum atomic E-state index is -0.820. The van der Waals surface area contributed by atoms with Crippen LogP contribution in [0.25, 0.3) is 0 Å². The number of esters is 1. The molecule has 0 heterocycles. The second-order valence-electron chi connectivity index (χ2n) is 17.9. The van der Waals surface area contributed by atoms with E-state index in [0.717, 1.165) is 64.2 Å². The van der Waals surface area contributed by atoms with Crippen LogP contribution in [0.2, 0.25) is 0 Å². The van der Waals surface area contributed by atoms with E-state index in [0.29, 0.717) is 19.3 Å². The lowest BCUT2D eigenvalue weighted by Crippen LogP contribution is -2.46. The molecule has 6 nitrogen and oxygen atoms in total. The number of amides is 1. The fraction of sp³-hybridized carbons (Fsp3) is 0.754. The van der Waals surface area contributed by atoms with Crippen LogP contribution in [0, 0.1) is 0 Å². The van der Waals surface area contributed by atoms with E-state index in [4.69, 9.17) is 4.74 Å². The number of aliphatic hydroxyl groups excluding tert-OH is 2. The molecule has 0 aromatic carbocycles. The highest BCUT2D eigenvalue weighted by atomic mass is 16.5. The molecule has 63 heavy (non-hydrogen) atoms. The van der Waals surface area contributed by atoms with E-state index in [9.17, 15) is 19.8 Å². The molecule has 0 rings (SSSR count). The van der Waals surface area contributed by atoms with Gasteiger partial charge < -0.3 is 20.3 Å². The highest BCUT2D eigenvalue weighted by Gasteiger charge is 2.23. The zero-order chi connectivity index (χ0) is 45.9. The predicted molar refractivity (Wildman–Crippen MR) is 273 cm³/mol. The van der Waals surface area contributed by atoms with E-state index in [1.54, 1.807) is 6.08 Å². The third-order valence-corrected chi connectivity index (χ3v) is 11.8. The third kappa shape index (κ3) is 45.7. The fourth-order valence-electron chi connectivity index (χ4n) is 7.74. The molecule has 6 heteroatoms. The van der Waals surface area contributed by atoms with Gasteiger partial charge in [0.25, 0.3) is 0 Å². The molecule has 0 radical (unpaired) electrons. The topological polar surface area (TPSA) is 95.9 Å². The number of unbranched alkanes of at least 4 members (excludes halogenated alkanes) is 25. The van der Waals surface area contributed by atoms with Crippen molar-refractivity contribution in [3.8, 4) is 0 Å². The maximum Gasteiger partial charge on any atom is 0.306 e. The monoisotopic (exact) mass is 880 g/mol. The standard InChI is InChI=1S/C57H101NO5/c1-4-7-10-13-16-19-22-24-26-27-28-29-30-32-35-38-41-44-47-50-57(62)63-53(48-45-42-39-36-34-31-25-23-20-17-14-11-8-5-2)51-56(61)58-54(52-59)55(60)49-46-43-40-37-33-21-18-15-12-9-6-3/h8,11,17,20,24-26,31,36,39,45,48,53-55,59-60H,4-7,9-10,12-16,18-19,21-23,27-30,32-35,37-38,40-44,46-47,49-52H2,1-3H3,(H,58,61)/b11-8+,20-17+,26-24+,31-25+,39-36+,48-45+. The van der Waals surface area contributed by atoms with Gasteiger partial charge in [-0.05, 0) is 76.7 Å². The van der Waals surface area contributed by atoms with Crippen molar-refractivity contribution in [1.82, 2.24) is 5.32 Å². The lowest BCUT2D eigenvalue weighted by Gasteiger charge is -2.23. The van der Waals surface area contributed by atoms with Crippen LogP contribution < -0.4 is 5.32 Å².